The fourth-order valence-electron chi connectivity index (χ4n) is 6.82. The van der Waals surface area contributed by atoms with Crippen LogP contribution in [0, 0.1) is 34.6 Å². The van der Waals surface area contributed by atoms with Crippen molar-refractivity contribution >= 4 is 28.1 Å². The molecule has 1 amide bonds. The normalized spacial score (nSPS) is 24.5. The Balaban J connectivity index is 1.75. The van der Waals surface area contributed by atoms with Crippen LogP contribution < -0.4 is 4.48 Å². The molecule has 2 aliphatic rings. The van der Waals surface area contributed by atoms with Crippen LogP contribution >= 0.6 is 0 Å². The number of hydrogen-bond donors (Lipinski definition) is 0. The van der Waals surface area contributed by atoms with Gasteiger partial charge in [-0.3, -0.25) is 4.79 Å². The van der Waals surface area contributed by atoms with Crippen LogP contribution in [0.15, 0.2) is 51.9 Å². The molecule has 0 aliphatic carbocycles. The third-order valence-electron chi connectivity index (χ3n) is 9.02. The number of nitrogens with zero attached hydrogens (tertiary/aromatic N) is 4. The number of esters is 1. The van der Waals surface area contributed by atoms with E-state index in [9.17, 15) is 31.2 Å². The van der Waals surface area contributed by atoms with E-state index >= 15 is 0 Å². The van der Waals surface area contributed by atoms with E-state index in [0.29, 0.717) is 12.1 Å². The fraction of sp³-hybridized carbons (Fsp3) is 0.452. The van der Waals surface area contributed by atoms with Crippen molar-refractivity contribution in [2.45, 2.75) is 63.9 Å². The number of aryl methyl sites for hydroxylation is 5. The molecule has 0 saturated carbocycles. The first-order valence-electron chi connectivity index (χ1n) is 14.5. The summed E-state index contributed by atoms with van der Waals surface area (Å²) in [6.07, 6.45) is -6.25. The van der Waals surface area contributed by atoms with Gasteiger partial charge in [-0.2, -0.15) is 17.5 Å². The zero-order chi connectivity index (χ0) is 32.9. The Labute approximate surface area is 260 Å². The van der Waals surface area contributed by atoms with Crippen molar-refractivity contribution in [3.8, 4) is 0 Å². The van der Waals surface area contributed by atoms with Crippen LogP contribution in [0.5, 0.6) is 0 Å². The van der Waals surface area contributed by atoms with Gasteiger partial charge in [0.2, 0.25) is 16.4 Å². The van der Waals surface area contributed by atoms with E-state index in [1.165, 1.54) is 23.1 Å². The van der Waals surface area contributed by atoms with Gasteiger partial charge >= 0.3 is 12.1 Å². The first-order chi connectivity index (χ1) is 21.1. The van der Waals surface area contributed by atoms with Gasteiger partial charge < -0.3 is 14.2 Å². The largest absolute Gasteiger partial charge is 0.491 e. The lowest BCUT2D eigenvalue weighted by molar-refractivity contribution is -0.217. The molecule has 45 heavy (non-hydrogen) atoms. The molecule has 2 saturated heterocycles. The maximum absolute atomic E-state index is 14.2. The number of piperazine rings is 1. The van der Waals surface area contributed by atoms with Crippen LogP contribution in [0.1, 0.15) is 39.6 Å². The Morgan fingerprint density at radius 3 is 2.29 bits per heavy atom. The minimum atomic E-state index is -5.29. The summed E-state index contributed by atoms with van der Waals surface area (Å²) in [5, 5.41) is 3.83. The molecule has 4 atom stereocenters. The van der Waals surface area contributed by atoms with E-state index in [-0.39, 0.29) is 53.6 Å². The lowest BCUT2D eigenvalue weighted by atomic mass is 9.88. The second-order valence-corrected chi connectivity index (χ2v) is 13.8. The minimum Gasteiger partial charge on any atom is -0.403 e. The molecule has 10 nitrogen and oxygen atoms in total. The van der Waals surface area contributed by atoms with Gasteiger partial charge in [0.25, 0.3) is 6.23 Å². The molecule has 0 spiro atoms. The van der Waals surface area contributed by atoms with Gasteiger partial charge in [0, 0.05) is 18.2 Å². The monoisotopic (exact) mass is 649 g/mol. The van der Waals surface area contributed by atoms with Gasteiger partial charge in [0.15, 0.2) is 5.76 Å². The highest BCUT2D eigenvalue weighted by Gasteiger charge is 2.60. The summed E-state index contributed by atoms with van der Waals surface area (Å²) in [5.41, 5.74) is 4.09. The van der Waals surface area contributed by atoms with Crippen molar-refractivity contribution in [1.29, 1.82) is 0 Å². The molecule has 1 aromatic heterocycles. The SMILES string of the molecule is Cc1ccc([C@H]2CN(S(=O)(=O)c3c(C)noc3C)C[C@@H]2[N@@+]2(c3cc(C)ccc3C)CCN(C=O)CC2OC(=O)C(F)(F)F)cc1. The number of ether oxygens (including phenoxy) is 1. The third kappa shape index (κ3) is 5.86. The van der Waals surface area contributed by atoms with Crippen molar-refractivity contribution in [1.82, 2.24) is 18.8 Å². The van der Waals surface area contributed by atoms with E-state index in [4.69, 9.17) is 9.26 Å². The molecule has 2 fully saturated rings. The second kappa shape index (κ2) is 11.9. The number of rotatable bonds is 7. The first kappa shape index (κ1) is 32.6. The molecular formula is C31H36F3N4O6S+. The summed E-state index contributed by atoms with van der Waals surface area (Å²) in [7, 11) is -4.17. The topological polar surface area (TPSA) is 110 Å². The van der Waals surface area contributed by atoms with E-state index in [1.807, 2.05) is 63.2 Å². The predicted octanol–water partition coefficient (Wildman–Crippen LogP) is 4.28. The Bertz CT molecular complexity index is 1690. The van der Waals surface area contributed by atoms with Crippen molar-refractivity contribution < 1.29 is 40.4 Å². The summed E-state index contributed by atoms with van der Waals surface area (Å²) >= 11 is 0. The highest BCUT2D eigenvalue weighted by molar-refractivity contribution is 7.89. The summed E-state index contributed by atoms with van der Waals surface area (Å²) in [6.45, 7) is 8.41. The summed E-state index contributed by atoms with van der Waals surface area (Å²) < 4.78 is 81.0. The molecule has 0 N–H and O–H groups in total. The van der Waals surface area contributed by atoms with Crippen molar-refractivity contribution in [2.24, 2.45) is 0 Å². The number of amides is 1. The molecular weight excluding hydrogens is 613 g/mol. The maximum Gasteiger partial charge on any atom is 0.491 e. The number of sulfonamides is 1. The number of hydrogen-bond acceptors (Lipinski definition) is 7. The molecule has 0 bridgehead atoms. The van der Waals surface area contributed by atoms with Gasteiger partial charge in [-0.1, -0.05) is 47.1 Å². The smallest absolute Gasteiger partial charge is 0.403 e. The maximum atomic E-state index is 14.2. The standard InChI is InChI=1S/C31H36F3N4O6S/c1-19-7-10-24(11-8-19)25-15-37(45(41,42)29-22(4)35-44-23(29)5)16-27(25)38(26-14-20(2)6-9-21(26)3)13-12-36(18-39)17-28(38)43-30(40)31(32,33)34/h6-11,14,18,25,27-28H,12-13,15-17H2,1-5H3/q+1/t25-,27+,28?,38+/m1/s1. The zero-order valence-corrected chi connectivity index (χ0v) is 26.5. The number of aromatic nitrogens is 1. The molecule has 242 valence electrons. The second-order valence-electron chi connectivity index (χ2n) is 12.0. The van der Waals surface area contributed by atoms with Crippen LogP contribution in [0.4, 0.5) is 18.9 Å². The lowest BCUT2D eigenvalue weighted by Crippen LogP contribution is -2.73. The minimum absolute atomic E-state index is 0.00230. The Morgan fingerprint density at radius 2 is 1.69 bits per heavy atom. The van der Waals surface area contributed by atoms with Gasteiger partial charge in [-0.25, -0.2) is 17.7 Å². The average molecular weight is 650 g/mol. The Morgan fingerprint density at radius 1 is 1.02 bits per heavy atom. The summed E-state index contributed by atoms with van der Waals surface area (Å²) in [6, 6.07) is 12.4. The average Bonchev–Trinajstić information content (AvgIpc) is 3.58. The van der Waals surface area contributed by atoms with Crippen LogP contribution in [-0.4, -0.2) is 86.3 Å². The van der Waals surface area contributed by atoms with Crippen molar-refractivity contribution in [2.75, 3.05) is 32.7 Å². The highest BCUT2D eigenvalue weighted by Crippen LogP contribution is 2.46. The Kier molecular flexibility index (Phi) is 8.62. The molecule has 3 aromatic rings. The van der Waals surface area contributed by atoms with Gasteiger partial charge in [0.05, 0.1) is 19.0 Å². The number of halogens is 3. The molecule has 2 aromatic carbocycles. The third-order valence-corrected chi connectivity index (χ3v) is 11.1. The van der Waals surface area contributed by atoms with Crippen LogP contribution in [0.2, 0.25) is 0 Å². The molecule has 5 rings (SSSR count). The number of carbonyl (C=O) groups is 2. The van der Waals surface area contributed by atoms with Crippen LogP contribution in [0.25, 0.3) is 0 Å². The lowest BCUT2D eigenvalue weighted by Gasteiger charge is -2.53. The van der Waals surface area contributed by atoms with Crippen LogP contribution in [0.3, 0.4) is 0 Å². The summed E-state index contributed by atoms with van der Waals surface area (Å²) in [4.78, 5) is 25.6. The number of alkyl halides is 3. The van der Waals surface area contributed by atoms with Crippen molar-refractivity contribution in [3.05, 3.63) is 76.2 Å². The van der Waals surface area contributed by atoms with E-state index < -0.39 is 40.4 Å². The fourth-order valence-corrected chi connectivity index (χ4v) is 8.60. The number of quaternary nitrogens is 1. The number of benzene rings is 2. The molecule has 14 heteroatoms. The molecule has 2 aliphatic heterocycles. The quantitative estimate of drug-likeness (QED) is 0.214. The Hall–Kier alpha value is -3.75. The van der Waals surface area contributed by atoms with E-state index in [0.717, 1.165) is 22.3 Å². The van der Waals surface area contributed by atoms with Crippen molar-refractivity contribution in [3.63, 3.8) is 0 Å². The highest BCUT2D eigenvalue weighted by atomic mass is 32.2. The van der Waals surface area contributed by atoms with Gasteiger partial charge in [0.1, 0.15) is 35.4 Å². The summed E-state index contributed by atoms with van der Waals surface area (Å²) in [5.74, 6) is -2.79. The first-order valence-corrected chi connectivity index (χ1v) is 16.0. The van der Waals surface area contributed by atoms with Gasteiger partial charge in [-0.05, 0) is 45.7 Å². The van der Waals surface area contributed by atoms with E-state index in [1.54, 1.807) is 0 Å². The molecule has 0 radical (unpaired) electrons. The molecule has 3 heterocycles. The number of carbonyl (C=O) groups excluding carboxylic acids is 2. The molecule has 1 unspecified atom stereocenters. The van der Waals surface area contributed by atoms with Crippen LogP contribution in [-0.2, 0) is 24.3 Å². The van der Waals surface area contributed by atoms with E-state index in [2.05, 4.69) is 5.16 Å². The zero-order valence-electron chi connectivity index (χ0n) is 25.7. The van der Waals surface area contributed by atoms with Gasteiger partial charge in [-0.15, -0.1) is 0 Å². The predicted molar refractivity (Wildman–Crippen MR) is 159 cm³/mol.